The first-order valence-electron chi connectivity index (χ1n) is 7.49. The number of rotatable bonds is 6. The maximum atomic E-state index is 11.9. The lowest BCUT2D eigenvalue weighted by molar-refractivity contribution is 0.0454. The van der Waals surface area contributed by atoms with E-state index in [0.717, 1.165) is 0 Å². The maximum absolute atomic E-state index is 11.9. The number of aromatic nitrogens is 5. The van der Waals surface area contributed by atoms with Crippen LogP contribution in [0.15, 0.2) is 42.9 Å². The minimum Gasteiger partial charge on any atom is -0.495 e. The molecule has 2 heterocycles. The van der Waals surface area contributed by atoms with Gasteiger partial charge in [-0.1, -0.05) is 12.1 Å². The molecular weight excluding hydrogens is 338 g/mol. The van der Waals surface area contributed by atoms with Crippen molar-refractivity contribution in [2.75, 3.05) is 18.2 Å². The molecule has 0 bridgehead atoms. The van der Waals surface area contributed by atoms with Crippen molar-refractivity contribution >= 4 is 23.6 Å². The van der Waals surface area contributed by atoms with E-state index < -0.39 is 5.97 Å². The van der Waals surface area contributed by atoms with Crippen LogP contribution in [0, 0.1) is 0 Å². The monoisotopic (exact) mass is 353 g/mol. The van der Waals surface area contributed by atoms with Gasteiger partial charge in [0.05, 0.1) is 19.0 Å². The number of nitrogens with one attached hydrogen (secondary N) is 1. The summed E-state index contributed by atoms with van der Waals surface area (Å²) in [6, 6.07) is 7.26. The van der Waals surface area contributed by atoms with Gasteiger partial charge in [-0.2, -0.15) is 15.0 Å². The first-order chi connectivity index (χ1) is 12.7. The number of esters is 1. The second-order valence-corrected chi connectivity index (χ2v) is 4.93. The lowest BCUT2D eigenvalue weighted by atomic mass is 10.3. The van der Waals surface area contributed by atoms with Gasteiger partial charge in [0.15, 0.2) is 18.1 Å². The highest BCUT2D eigenvalue weighted by molar-refractivity contribution is 5.86. The number of hydrogen-bond donors (Lipinski definition) is 2. The number of carbonyl (C=O) groups is 1. The molecule has 0 atom stereocenters. The van der Waals surface area contributed by atoms with E-state index in [-0.39, 0.29) is 30.0 Å². The lowest BCUT2D eigenvalue weighted by Gasteiger charge is -2.10. The molecule has 0 aliphatic heterocycles. The van der Waals surface area contributed by atoms with Gasteiger partial charge < -0.3 is 20.5 Å². The molecule has 3 N–H and O–H groups in total. The Hall–Kier alpha value is -3.82. The van der Waals surface area contributed by atoms with E-state index in [0.29, 0.717) is 11.4 Å². The summed E-state index contributed by atoms with van der Waals surface area (Å²) in [5, 5.41) is 2.99. The van der Waals surface area contributed by atoms with Crippen LogP contribution in [-0.4, -0.2) is 38.0 Å². The van der Waals surface area contributed by atoms with E-state index in [1.165, 1.54) is 18.6 Å². The number of hydrogen-bond acceptors (Lipinski definition) is 10. The molecule has 0 amide bonds. The van der Waals surface area contributed by atoms with E-state index >= 15 is 0 Å². The lowest BCUT2D eigenvalue weighted by Crippen LogP contribution is -2.12. The maximum Gasteiger partial charge on any atom is 0.358 e. The van der Waals surface area contributed by atoms with Gasteiger partial charge >= 0.3 is 5.97 Å². The molecule has 10 nitrogen and oxygen atoms in total. The van der Waals surface area contributed by atoms with Gasteiger partial charge in [-0.15, -0.1) is 0 Å². The minimum atomic E-state index is -0.642. The average molecular weight is 353 g/mol. The molecular formula is C16H15N7O3. The summed E-state index contributed by atoms with van der Waals surface area (Å²) >= 11 is 0. The van der Waals surface area contributed by atoms with Crippen molar-refractivity contribution in [2.24, 2.45) is 0 Å². The highest BCUT2D eigenvalue weighted by Crippen LogP contribution is 2.25. The largest absolute Gasteiger partial charge is 0.495 e. The summed E-state index contributed by atoms with van der Waals surface area (Å²) in [7, 11) is 1.56. The number of nitrogens with zero attached hydrogens (tertiary/aromatic N) is 5. The summed E-state index contributed by atoms with van der Waals surface area (Å²) in [5.41, 5.74) is 6.45. The Morgan fingerprint density at radius 1 is 1.19 bits per heavy atom. The second-order valence-electron chi connectivity index (χ2n) is 4.93. The number of nitrogen functional groups attached to an aromatic ring is 1. The predicted octanol–water partition coefficient (Wildman–Crippen LogP) is 1.35. The fourth-order valence-corrected chi connectivity index (χ4v) is 2.04. The number of ether oxygens (including phenoxy) is 2. The topological polar surface area (TPSA) is 138 Å². The molecule has 0 radical (unpaired) electrons. The Kier molecular flexibility index (Phi) is 5.13. The Balaban J connectivity index is 1.72. The van der Waals surface area contributed by atoms with Crippen molar-refractivity contribution in [1.29, 1.82) is 0 Å². The first-order valence-corrected chi connectivity index (χ1v) is 7.49. The third-order valence-corrected chi connectivity index (χ3v) is 3.16. The van der Waals surface area contributed by atoms with Crippen molar-refractivity contribution in [3.63, 3.8) is 0 Å². The Morgan fingerprint density at radius 3 is 2.81 bits per heavy atom. The fraction of sp³-hybridized carbons (Fsp3) is 0.125. The molecule has 0 saturated carbocycles. The van der Waals surface area contributed by atoms with Gasteiger partial charge in [0.2, 0.25) is 11.9 Å². The van der Waals surface area contributed by atoms with E-state index in [9.17, 15) is 4.79 Å². The summed E-state index contributed by atoms with van der Waals surface area (Å²) < 4.78 is 10.4. The summed E-state index contributed by atoms with van der Waals surface area (Å²) in [4.78, 5) is 31.7. The molecule has 26 heavy (non-hydrogen) atoms. The normalized spacial score (nSPS) is 10.2. The molecule has 0 saturated heterocycles. The molecule has 0 aliphatic carbocycles. The third kappa shape index (κ3) is 4.17. The van der Waals surface area contributed by atoms with Gasteiger partial charge in [-0.3, -0.25) is 4.98 Å². The van der Waals surface area contributed by atoms with E-state index in [4.69, 9.17) is 15.2 Å². The zero-order chi connectivity index (χ0) is 18.4. The summed E-state index contributed by atoms with van der Waals surface area (Å²) in [5.74, 6) is 0.348. The molecule has 2 aromatic heterocycles. The Labute approximate surface area is 148 Å². The van der Waals surface area contributed by atoms with Crippen LogP contribution in [0.3, 0.4) is 0 Å². The molecule has 10 heteroatoms. The summed E-state index contributed by atoms with van der Waals surface area (Å²) in [6.45, 7) is -0.192. The Bertz CT molecular complexity index is 905. The van der Waals surface area contributed by atoms with Crippen molar-refractivity contribution in [2.45, 2.75) is 6.61 Å². The molecule has 0 aliphatic rings. The van der Waals surface area contributed by atoms with Crippen LogP contribution in [0.5, 0.6) is 5.75 Å². The van der Waals surface area contributed by atoms with E-state index in [1.54, 1.807) is 19.2 Å². The van der Waals surface area contributed by atoms with Gasteiger partial charge in [0, 0.05) is 12.4 Å². The van der Waals surface area contributed by atoms with Gasteiger partial charge in [-0.25, -0.2) is 9.78 Å². The molecule has 1 aromatic carbocycles. The molecule has 0 spiro atoms. The van der Waals surface area contributed by atoms with Gasteiger partial charge in [-0.05, 0) is 12.1 Å². The molecule has 3 rings (SSSR count). The number of benzene rings is 1. The van der Waals surface area contributed by atoms with Crippen LogP contribution in [0.1, 0.15) is 16.3 Å². The first kappa shape index (κ1) is 17.0. The van der Waals surface area contributed by atoms with Crippen LogP contribution >= 0.6 is 0 Å². The van der Waals surface area contributed by atoms with E-state index in [1.807, 2.05) is 12.1 Å². The van der Waals surface area contributed by atoms with Gasteiger partial charge in [0.1, 0.15) is 5.75 Å². The van der Waals surface area contributed by atoms with Crippen LogP contribution in [0.25, 0.3) is 0 Å². The molecule has 3 aromatic rings. The number of methoxy groups -OCH3 is 1. The second kappa shape index (κ2) is 7.83. The van der Waals surface area contributed by atoms with Crippen molar-refractivity contribution in [1.82, 2.24) is 24.9 Å². The Morgan fingerprint density at radius 2 is 2.04 bits per heavy atom. The average Bonchev–Trinajstić information content (AvgIpc) is 2.67. The highest BCUT2D eigenvalue weighted by atomic mass is 16.5. The third-order valence-electron chi connectivity index (χ3n) is 3.16. The summed E-state index contributed by atoms with van der Waals surface area (Å²) in [6.07, 6.45) is 4.16. The molecule has 0 unspecified atom stereocenters. The number of para-hydroxylation sites is 2. The smallest absolute Gasteiger partial charge is 0.358 e. The fourth-order valence-electron chi connectivity index (χ4n) is 2.04. The minimum absolute atomic E-state index is 0.0112. The SMILES string of the molecule is COc1ccccc1Nc1nc(N)nc(COC(=O)c2cnccn2)n1. The standard InChI is InChI=1S/C16H15N7O3/c1-25-12-5-3-2-4-10(12)20-16-22-13(21-15(17)23-16)9-26-14(24)11-8-18-6-7-19-11/h2-8H,9H2,1H3,(H3,17,20,21,22,23). The number of anilines is 3. The quantitative estimate of drug-likeness (QED) is 0.624. The number of carbonyl (C=O) groups excluding carboxylic acids is 1. The molecule has 132 valence electrons. The molecule has 0 fully saturated rings. The van der Waals surface area contributed by atoms with E-state index in [2.05, 4.69) is 30.2 Å². The van der Waals surface area contributed by atoms with Crippen molar-refractivity contribution in [3.05, 3.63) is 54.4 Å². The highest BCUT2D eigenvalue weighted by Gasteiger charge is 2.12. The van der Waals surface area contributed by atoms with Crippen LogP contribution < -0.4 is 15.8 Å². The predicted molar refractivity (Wildman–Crippen MR) is 91.7 cm³/mol. The van der Waals surface area contributed by atoms with Crippen LogP contribution in [0.4, 0.5) is 17.6 Å². The zero-order valence-corrected chi connectivity index (χ0v) is 13.8. The zero-order valence-electron chi connectivity index (χ0n) is 13.8. The van der Waals surface area contributed by atoms with Crippen molar-refractivity contribution in [3.8, 4) is 5.75 Å². The number of nitrogens with two attached hydrogens (primary N) is 1. The van der Waals surface area contributed by atoms with Crippen LogP contribution in [-0.2, 0) is 11.3 Å². The van der Waals surface area contributed by atoms with Crippen LogP contribution in [0.2, 0.25) is 0 Å². The van der Waals surface area contributed by atoms with Gasteiger partial charge in [0.25, 0.3) is 0 Å². The van der Waals surface area contributed by atoms with Crippen molar-refractivity contribution < 1.29 is 14.3 Å².